The second-order valence-corrected chi connectivity index (χ2v) is 6.61. The first-order valence-electron chi connectivity index (χ1n) is 8.60. The van der Waals surface area contributed by atoms with Gasteiger partial charge in [0, 0.05) is 30.7 Å². The molecule has 0 bridgehead atoms. The number of likely N-dealkylation sites (tertiary alicyclic amines) is 1. The van der Waals surface area contributed by atoms with Crippen LogP contribution in [0.25, 0.3) is 0 Å². The third-order valence-corrected chi connectivity index (χ3v) is 4.62. The Balaban J connectivity index is 1.38. The highest BCUT2D eigenvalue weighted by Crippen LogP contribution is 2.29. The molecule has 2 amide bonds. The maximum Gasteiger partial charge on any atom is 0.238 e. The Kier molecular flexibility index (Phi) is 5.35. The average Bonchev–Trinajstić information content (AvgIpc) is 3.42. The summed E-state index contributed by atoms with van der Waals surface area (Å²) in [6.07, 6.45) is 3.90. The van der Waals surface area contributed by atoms with Gasteiger partial charge in [0.15, 0.2) is 0 Å². The fraction of sp³-hybridized carbons (Fsp3) is 0.556. The van der Waals surface area contributed by atoms with Gasteiger partial charge >= 0.3 is 0 Å². The van der Waals surface area contributed by atoms with Crippen LogP contribution >= 0.6 is 0 Å². The van der Waals surface area contributed by atoms with Crippen molar-refractivity contribution in [3.63, 3.8) is 0 Å². The summed E-state index contributed by atoms with van der Waals surface area (Å²) >= 11 is 0. The monoisotopic (exact) mass is 331 g/mol. The van der Waals surface area contributed by atoms with Gasteiger partial charge in [0.25, 0.3) is 0 Å². The number of benzene rings is 1. The lowest BCUT2D eigenvalue weighted by Gasteiger charge is -2.31. The van der Waals surface area contributed by atoms with E-state index in [1.165, 1.54) is 0 Å². The number of methoxy groups -OCH3 is 1. The van der Waals surface area contributed by atoms with Gasteiger partial charge in [0.1, 0.15) is 5.75 Å². The first-order chi connectivity index (χ1) is 11.6. The summed E-state index contributed by atoms with van der Waals surface area (Å²) in [7, 11) is 1.62. The fourth-order valence-corrected chi connectivity index (χ4v) is 2.98. The molecule has 2 aliphatic rings. The molecular weight excluding hydrogens is 306 g/mol. The Morgan fingerprint density at radius 1 is 1.12 bits per heavy atom. The van der Waals surface area contributed by atoms with Gasteiger partial charge < -0.3 is 15.4 Å². The number of amides is 2. The number of hydrogen-bond acceptors (Lipinski definition) is 4. The van der Waals surface area contributed by atoms with Crippen molar-refractivity contribution in [3.05, 3.63) is 24.3 Å². The van der Waals surface area contributed by atoms with Crippen LogP contribution in [0.15, 0.2) is 24.3 Å². The maximum atomic E-state index is 12.1. The summed E-state index contributed by atoms with van der Waals surface area (Å²) in [5, 5.41) is 6.03. The summed E-state index contributed by atoms with van der Waals surface area (Å²) < 4.78 is 5.10. The molecule has 0 aromatic heterocycles. The minimum Gasteiger partial charge on any atom is -0.497 e. The predicted octanol–water partition coefficient (Wildman–Crippen LogP) is 1.62. The Morgan fingerprint density at radius 3 is 2.38 bits per heavy atom. The Hall–Kier alpha value is -2.08. The summed E-state index contributed by atoms with van der Waals surface area (Å²) in [5.41, 5.74) is 0.771. The second-order valence-electron chi connectivity index (χ2n) is 6.61. The van der Waals surface area contributed by atoms with E-state index in [0.29, 0.717) is 6.54 Å². The van der Waals surface area contributed by atoms with Crippen molar-refractivity contribution in [2.45, 2.75) is 31.7 Å². The number of hydrogen-bond donors (Lipinski definition) is 2. The molecule has 3 rings (SSSR count). The average molecular weight is 331 g/mol. The van der Waals surface area contributed by atoms with Gasteiger partial charge in [-0.15, -0.1) is 0 Å². The molecule has 1 saturated carbocycles. The van der Waals surface area contributed by atoms with Gasteiger partial charge in [-0.05, 0) is 49.9 Å². The highest BCUT2D eigenvalue weighted by Gasteiger charge is 2.31. The van der Waals surface area contributed by atoms with Crippen LogP contribution in [0.1, 0.15) is 25.7 Å². The van der Waals surface area contributed by atoms with Crippen LogP contribution in [0, 0.1) is 5.92 Å². The number of ether oxygens (including phenoxy) is 1. The van der Waals surface area contributed by atoms with Crippen LogP contribution in [0.3, 0.4) is 0 Å². The number of anilines is 1. The van der Waals surface area contributed by atoms with E-state index in [1.807, 2.05) is 24.3 Å². The number of carbonyl (C=O) groups excluding carboxylic acids is 2. The Bertz CT molecular complexity index is 576. The summed E-state index contributed by atoms with van der Waals surface area (Å²) in [5.74, 6) is 1.23. The van der Waals surface area contributed by atoms with Crippen molar-refractivity contribution >= 4 is 17.5 Å². The SMILES string of the molecule is COc1ccc(NC(=O)CN2CCC(NC(=O)C3CC3)CC2)cc1. The molecule has 0 atom stereocenters. The number of nitrogens with zero attached hydrogens (tertiary/aromatic N) is 1. The van der Waals surface area contributed by atoms with Crippen LogP contribution < -0.4 is 15.4 Å². The van der Waals surface area contributed by atoms with Gasteiger partial charge in [-0.3, -0.25) is 14.5 Å². The van der Waals surface area contributed by atoms with Crippen molar-refractivity contribution in [3.8, 4) is 5.75 Å². The summed E-state index contributed by atoms with van der Waals surface area (Å²) in [6, 6.07) is 7.57. The van der Waals surface area contributed by atoms with E-state index in [4.69, 9.17) is 4.74 Å². The molecule has 1 saturated heterocycles. The molecule has 2 fully saturated rings. The minimum atomic E-state index is -0.0133. The van der Waals surface area contributed by atoms with E-state index in [-0.39, 0.29) is 23.8 Å². The molecule has 2 N–H and O–H groups in total. The van der Waals surface area contributed by atoms with Crippen LogP contribution in [0.4, 0.5) is 5.69 Å². The van der Waals surface area contributed by atoms with Gasteiger partial charge in [-0.2, -0.15) is 0 Å². The molecular formula is C18H25N3O3. The third kappa shape index (κ3) is 4.71. The minimum absolute atomic E-state index is 0.0133. The molecule has 0 radical (unpaired) electrons. The van der Waals surface area contributed by atoms with E-state index in [9.17, 15) is 9.59 Å². The van der Waals surface area contributed by atoms with Crippen molar-refractivity contribution in [1.82, 2.24) is 10.2 Å². The van der Waals surface area contributed by atoms with E-state index < -0.39 is 0 Å². The molecule has 1 aromatic carbocycles. The normalized spacial score (nSPS) is 18.9. The van der Waals surface area contributed by atoms with E-state index in [2.05, 4.69) is 15.5 Å². The number of rotatable bonds is 6. The smallest absolute Gasteiger partial charge is 0.238 e. The largest absolute Gasteiger partial charge is 0.497 e. The van der Waals surface area contributed by atoms with Crippen molar-refractivity contribution < 1.29 is 14.3 Å². The molecule has 130 valence electrons. The first kappa shape index (κ1) is 16.8. The van der Waals surface area contributed by atoms with E-state index >= 15 is 0 Å². The van der Waals surface area contributed by atoms with Gasteiger partial charge in [0.05, 0.1) is 13.7 Å². The lowest BCUT2D eigenvalue weighted by molar-refractivity contribution is -0.123. The molecule has 1 aliphatic carbocycles. The highest BCUT2D eigenvalue weighted by molar-refractivity contribution is 5.92. The standard InChI is InChI=1S/C18H25N3O3/c1-24-16-6-4-14(5-7-16)19-17(22)12-21-10-8-15(9-11-21)20-18(23)13-2-3-13/h4-7,13,15H,2-3,8-12H2,1H3,(H,19,22)(H,20,23). The molecule has 6 nitrogen and oxygen atoms in total. The fourth-order valence-electron chi connectivity index (χ4n) is 2.98. The summed E-state index contributed by atoms with van der Waals surface area (Å²) in [4.78, 5) is 26.1. The van der Waals surface area contributed by atoms with Crippen molar-refractivity contribution in [2.75, 3.05) is 32.1 Å². The lowest BCUT2D eigenvalue weighted by atomic mass is 10.0. The van der Waals surface area contributed by atoms with Gasteiger partial charge in [0.2, 0.25) is 11.8 Å². The van der Waals surface area contributed by atoms with E-state index in [1.54, 1.807) is 7.11 Å². The molecule has 0 unspecified atom stereocenters. The molecule has 1 aliphatic heterocycles. The van der Waals surface area contributed by atoms with Crippen LogP contribution in [-0.4, -0.2) is 49.5 Å². The quantitative estimate of drug-likeness (QED) is 0.831. The summed E-state index contributed by atoms with van der Waals surface area (Å²) in [6.45, 7) is 2.06. The van der Waals surface area contributed by atoms with E-state index in [0.717, 1.165) is 50.2 Å². The Labute approximate surface area is 142 Å². The molecule has 0 spiro atoms. The topological polar surface area (TPSA) is 70.7 Å². The van der Waals surface area contributed by atoms with Gasteiger partial charge in [-0.25, -0.2) is 0 Å². The van der Waals surface area contributed by atoms with Crippen LogP contribution in [0.5, 0.6) is 5.75 Å². The van der Waals surface area contributed by atoms with Crippen molar-refractivity contribution in [2.24, 2.45) is 5.92 Å². The second kappa shape index (κ2) is 7.66. The van der Waals surface area contributed by atoms with Crippen LogP contribution in [0.2, 0.25) is 0 Å². The molecule has 24 heavy (non-hydrogen) atoms. The highest BCUT2D eigenvalue weighted by atomic mass is 16.5. The number of nitrogens with one attached hydrogen (secondary N) is 2. The van der Waals surface area contributed by atoms with Crippen LogP contribution in [-0.2, 0) is 9.59 Å². The third-order valence-electron chi connectivity index (χ3n) is 4.62. The Morgan fingerprint density at radius 2 is 1.79 bits per heavy atom. The first-order valence-corrected chi connectivity index (χ1v) is 8.60. The maximum absolute atomic E-state index is 12.1. The molecule has 1 heterocycles. The zero-order valence-corrected chi connectivity index (χ0v) is 14.1. The lowest BCUT2D eigenvalue weighted by Crippen LogP contribution is -2.46. The predicted molar refractivity (Wildman–Crippen MR) is 92.0 cm³/mol. The molecule has 6 heteroatoms. The zero-order chi connectivity index (χ0) is 16.9. The van der Waals surface area contributed by atoms with Gasteiger partial charge in [-0.1, -0.05) is 0 Å². The molecule has 1 aromatic rings. The van der Waals surface area contributed by atoms with Crippen molar-refractivity contribution in [1.29, 1.82) is 0 Å². The number of carbonyl (C=O) groups is 2. The number of piperidine rings is 1. The zero-order valence-electron chi connectivity index (χ0n) is 14.1.